The fourth-order valence-corrected chi connectivity index (χ4v) is 0.920. The van der Waals surface area contributed by atoms with E-state index in [2.05, 4.69) is 24.5 Å². The third-order valence-electron chi connectivity index (χ3n) is 2.33. The normalized spacial score (nSPS) is 19.4. The number of urea groups is 1. The summed E-state index contributed by atoms with van der Waals surface area (Å²) < 4.78 is 4.95. The molecule has 0 unspecified atom stereocenters. The zero-order chi connectivity index (χ0) is 9.84. The van der Waals surface area contributed by atoms with Crippen LogP contribution in [0.1, 0.15) is 20.8 Å². The Labute approximate surface area is 79.0 Å². The van der Waals surface area contributed by atoms with Gasteiger partial charge in [-0.15, -0.1) is 0 Å². The Morgan fingerprint density at radius 1 is 1.38 bits per heavy atom. The maximum atomic E-state index is 11.3. The Kier molecular flexibility index (Phi) is 3.54. The molecule has 1 atom stereocenters. The number of hydrogen-bond acceptors (Lipinski definition) is 2. The summed E-state index contributed by atoms with van der Waals surface area (Å²) in [6.07, 6.45) is 0. The van der Waals surface area contributed by atoms with Gasteiger partial charge >= 0.3 is 6.03 Å². The molecule has 1 fully saturated rings. The Balaban J connectivity index is 2.16. The van der Waals surface area contributed by atoms with Crippen molar-refractivity contribution in [3.63, 3.8) is 0 Å². The molecule has 1 rings (SSSR count). The summed E-state index contributed by atoms with van der Waals surface area (Å²) >= 11 is 0. The second kappa shape index (κ2) is 4.46. The van der Waals surface area contributed by atoms with Crippen LogP contribution >= 0.6 is 0 Å². The van der Waals surface area contributed by atoms with Crippen molar-refractivity contribution in [3.8, 4) is 0 Å². The first kappa shape index (κ1) is 10.3. The maximum absolute atomic E-state index is 11.3. The van der Waals surface area contributed by atoms with Crippen LogP contribution in [0.4, 0.5) is 4.79 Å². The number of carbonyl (C=O) groups is 1. The van der Waals surface area contributed by atoms with E-state index in [9.17, 15) is 4.79 Å². The van der Waals surface area contributed by atoms with Gasteiger partial charge in [0.25, 0.3) is 0 Å². The molecular formula is C9H18N2O2. The van der Waals surface area contributed by atoms with Crippen molar-refractivity contribution in [1.82, 2.24) is 10.6 Å². The van der Waals surface area contributed by atoms with Gasteiger partial charge in [-0.25, -0.2) is 4.79 Å². The van der Waals surface area contributed by atoms with Crippen LogP contribution in [0.15, 0.2) is 0 Å². The monoisotopic (exact) mass is 186 g/mol. The van der Waals surface area contributed by atoms with Gasteiger partial charge in [-0.1, -0.05) is 13.8 Å². The molecule has 13 heavy (non-hydrogen) atoms. The van der Waals surface area contributed by atoms with Crippen LogP contribution in [0.25, 0.3) is 0 Å². The number of carbonyl (C=O) groups excluding carboxylic acids is 1. The first-order valence-corrected chi connectivity index (χ1v) is 4.74. The summed E-state index contributed by atoms with van der Waals surface area (Å²) in [6, 6.07) is 0.329. The molecule has 2 N–H and O–H groups in total. The molecule has 4 heteroatoms. The number of nitrogens with one attached hydrogen (secondary N) is 2. The van der Waals surface area contributed by atoms with Crippen molar-refractivity contribution in [2.45, 2.75) is 32.9 Å². The van der Waals surface area contributed by atoms with Crippen molar-refractivity contribution in [2.24, 2.45) is 5.92 Å². The van der Waals surface area contributed by atoms with Crippen molar-refractivity contribution in [3.05, 3.63) is 0 Å². The highest BCUT2D eigenvalue weighted by Crippen LogP contribution is 2.01. The SMILES string of the molecule is CC(C)[C@@H](C)NC(=O)NC1COC1. The third-order valence-corrected chi connectivity index (χ3v) is 2.33. The van der Waals surface area contributed by atoms with Crippen LogP contribution in [-0.2, 0) is 4.74 Å². The Morgan fingerprint density at radius 3 is 2.38 bits per heavy atom. The van der Waals surface area contributed by atoms with E-state index in [1.165, 1.54) is 0 Å². The molecule has 0 spiro atoms. The largest absolute Gasteiger partial charge is 0.377 e. The number of amides is 2. The van der Waals surface area contributed by atoms with Gasteiger partial charge in [0.1, 0.15) is 0 Å². The summed E-state index contributed by atoms with van der Waals surface area (Å²) in [4.78, 5) is 11.3. The van der Waals surface area contributed by atoms with E-state index in [4.69, 9.17) is 4.74 Å². The van der Waals surface area contributed by atoms with Gasteiger partial charge in [-0.05, 0) is 12.8 Å². The van der Waals surface area contributed by atoms with Crippen molar-refractivity contribution in [1.29, 1.82) is 0 Å². The lowest BCUT2D eigenvalue weighted by Gasteiger charge is -2.28. The molecule has 4 nitrogen and oxygen atoms in total. The molecule has 0 aromatic heterocycles. The zero-order valence-corrected chi connectivity index (χ0v) is 8.46. The third kappa shape index (κ3) is 3.22. The van der Waals surface area contributed by atoms with E-state index in [-0.39, 0.29) is 18.1 Å². The standard InChI is InChI=1S/C9H18N2O2/c1-6(2)7(3)10-9(12)11-8-4-13-5-8/h6-8H,4-5H2,1-3H3,(H2,10,11,12)/t7-/m1/s1. The summed E-state index contributed by atoms with van der Waals surface area (Å²) in [5, 5.41) is 5.70. The molecule has 2 amide bonds. The van der Waals surface area contributed by atoms with Crippen molar-refractivity contribution < 1.29 is 9.53 Å². The van der Waals surface area contributed by atoms with Crippen LogP contribution in [0.2, 0.25) is 0 Å². The predicted octanol–water partition coefficient (Wildman–Crippen LogP) is 0.729. The average Bonchev–Trinajstić information content (AvgIpc) is 1.96. The Hall–Kier alpha value is -0.770. The van der Waals surface area contributed by atoms with E-state index in [1.54, 1.807) is 0 Å². The maximum Gasteiger partial charge on any atom is 0.315 e. The fourth-order valence-electron chi connectivity index (χ4n) is 0.920. The lowest BCUT2D eigenvalue weighted by Crippen LogP contribution is -2.53. The lowest BCUT2D eigenvalue weighted by atomic mass is 10.1. The lowest BCUT2D eigenvalue weighted by molar-refractivity contribution is -0.000178. The highest BCUT2D eigenvalue weighted by Gasteiger charge is 2.21. The van der Waals surface area contributed by atoms with E-state index >= 15 is 0 Å². The van der Waals surface area contributed by atoms with Gasteiger partial charge in [0.05, 0.1) is 19.3 Å². The molecule has 0 radical (unpaired) electrons. The van der Waals surface area contributed by atoms with Gasteiger partial charge in [0.15, 0.2) is 0 Å². The topological polar surface area (TPSA) is 50.4 Å². The minimum Gasteiger partial charge on any atom is -0.377 e. The van der Waals surface area contributed by atoms with E-state index in [0.29, 0.717) is 19.1 Å². The minimum absolute atomic E-state index is 0.0884. The second-order valence-electron chi connectivity index (χ2n) is 3.88. The molecule has 0 aromatic rings. The van der Waals surface area contributed by atoms with Gasteiger partial charge in [0, 0.05) is 6.04 Å². The van der Waals surface area contributed by atoms with E-state index in [1.807, 2.05) is 6.92 Å². The van der Waals surface area contributed by atoms with E-state index in [0.717, 1.165) is 0 Å². The van der Waals surface area contributed by atoms with Gasteiger partial charge < -0.3 is 15.4 Å². The molecule has 1 saturated heterocycles. The zero-order valence-electron chi connectivity index (χ0n) is 8.46. The number of rotatable bonds is 3. The summed E-state index contributed by atoms with van der Waals surface area (Å²) in [7, 11) is 0. The average molecular weight is 186 g/mol. The van der Waals surface area contributed by atoms with Crippen LogP contribution in [-0.4, -0.2) is 31.3 Å². The van der Waals surface area contributed by atoms with Gasteiger partial charge in [-0.2, -0.15) is 0 Å². The van der Waals surface area contributed by atoms with Crippen LogP contribution < -0.4 is 10.6 Å². The van der Waals surface area contributed by atoms with Gasteiger partial charge in [-0.3, -0.25) is 0 Å². The smallest absolute Gasteiger partial charge is 0.315 e. The molecule has 0 bridgehead atoms. The molecule has 76 valence electrons. The summed E-state index contributed by atoms with van der Waals surface area (Å²) in [5.41, 5.74) is 0. The Morgan fingerprint density at radius 2 is 2.00 bits per heavy atom. The molecule has 1 aliphatic heterocycles. The number of hydrogen-bond donors (Lipinski definition) is 2. The highest BCUT2D eigenvalue weighted by molar-refractivity contribution is 5.74. The molecule has 0 aliphatic carbocycles. The van der Waals surface area contributed by atoms with Gasteiger partial charge in [0.2, 0.25) is 0 Å². The highest BCUT2D eigenvalue weighted by atomic mass is 16.5. The van der Waals surface area contributed by atoms with Crippen LogP contribution in [0.3, 0.4) is 0 Å². The Bertz CT molecular complexity index is 178. The molecule has 0 aromatic carbocycles. The van der Waals surface area contributed by atoms with Crippen LogP contribution in [0, 0.1) is 5.92 Å². The quantitative estimate of drug-likeness (QED) is 0.682. The molecular weight excluding hydrogens is 168 g/mol. The fraction of sp³-hybridized carbons (Fsp3) is 0.889. The first-order valence-electron chi connectivity index (χ1n) is 4.74. The molecule has 1 heterocycles. The minimum atomic E-state index is -0.0884. The predicted molar refractivity (Wildman–Crippen MR) is 50.6 cm³/mol. The van der Waals surface area contributed by atoms with E-state index < -0.39 is 0 Å². The summed E-state index contributed by atoms with van der Waals surface area (Å²) in [5.74, 6) is 0.461. The molecule has 0 saturated carbocycles. The summed E-state index contributed by atoms with van der Waals surface area (Å²) in [6.45, 7) is 7.45. The molecule has 1 aliphatic rings. The van der Waals surface area contributed by atoms with Crippen molar-refractivity contribution in [2.75, 3.05) is 13.2 Å². The number of ether oxygens (including phenoxy) is 1. The second-order valence-corrected chi connectivity index (χ2v) is 3.88. The van der Waals surface area contributed by atoms with Crippen molar-refractivity contribution >= 4 is 6.03 Å². The van der Waals surface area contributed by atoms with Crippen LogP contribution in [0.5, 0.6) is 0 Å². The first-order chi connectivity index (χ1) is 6.09.